The van der Waals surface area contributed by atoms with Gasteiger partial charge in [0.15, 0.2) is 6.04 Å². The van der Waals surface area contributed by atoms with E-state index in [4.69, 9.17) is 10.8 Å². The molecule has 0 aromatic heterocycles. The molecule has 28 heavy (non-hydrogen) atoms. The summed E-state index contributed by atoms with van der Waals surface area (Å²) in [6, 6.07) is -4.10. The number of aliphatic carboxylic acids is 1. The monoisotopic (exact) mass is 418 g/mol. The van der Waals surface area contributed by atoms with Gasteiger partial charge in [-0.1, -0.05) is 13.8 Å². The van der Waals surface area contributed by atoms with Gasteiger partial charge in [-0.05, 0) is 25.7 Å². The predicted molar refractivity (Wildman–Crippen MR) is 105 cm³/mol. The maximum Gasteiger partial charge on any atom is 0.328 e. The van der Waals surface area contributed by atoms with Crippen molar-refractivity contribution >= 4 is 36.3 Å². The molecule has 0 radical (unpaired) electrons. The summed E-state index contributed by atoms with van der Waals surface area (Å²) < 4.78 is 0. The molecule has 1 aliphatic heterocycles. The quantitative estimate of drug-likeness (QED) is 0.244. The summed E-state index contributed by atoms with van der Waals surface area (Å²) in [6.45, 7) is 5.26. The molecule has 0 aromatic carbocycles. The maximum atomic E-state index is 12.7. The Morgan fingerprint density at radius 2 is 1.82 bits per heavy atom. The number of nitrogens with one attached hydrogen (secondary N) is 2. The summed E-state index contributed by atoms with van der Waals surface area (Å²) in [4.78, 5) is 50.0. The fraction of sp³-hybridized carbons (Fsp3) is 0.765. The Labute approximate surface area is 169 Å². The zero-order valence-electron chi connectivity index (χ0n) is 16.3. The predicted octanol–water partition coefficient (Wildman–Crippen LogP) is -1.67. The van der Waals surface area contributed by atoms with Crippen molar-refractivity contribution in [2.45, 2.75) is 63.9 Å². The topological polar surface area (TPSA) is 162 Å². The molecule has 0 saturated carbocycles. The summed E-state index contributed by atoms with van der Waals surface area (Å²) in [6.07, 6.45) is -0.247. The Morgan fingerprint density at radius 3 is 2.29 bits per heavy atom. The maximum absolute atomic E-state index is 12.7. The number of thiol groups is 1. The van der Waals surface area contributed by atoms with Crippen LogP contribution in [0, 0.1) is 5.92 Å². The van der Waals surface area contributed by atoms with E-state index in [1.54, 1.807) is 0 Å². The number of hydrogen-bond acceptors (Lipinski definition) is 7. The molecule has 5 atom stereocenters. The highest BCUT2D eigenvalue weighted by Crippen LogP contribution is 2.20. The summed E-state index contributed by atoms with van der Waals surface area (Å²) >= 11 is 4.03. The smallest absolute Gasteiger partial charge is 0.328 e. The number of hydrogen-bond donors (Lipinski definition) is 6. The highest BCUT2D eigenvalue weighted by Gasteiger charge is 2.38. The summed E-state index contributed by atoms with van der Waals surface area (Å²) in [5.74, 6) is -3.20. The number of carbonyl (C=O) groups is 4. The number of carboxylic acids is 1. The second-order valence-electron chi connectivity index (χ2n) is 7.27. The second kappa shape index (κ2) is 10.6. The fourth-order valence-electron chi connectivity index (χ4n) is 2.88. The average molecular weight is 419 g/mol. The molecule has 0 aliphatic carbocycles. The lowest BCUT2D eigenvalue weighted by atomic mass is 10.0. The third kappa shape index (κ3) is 6.08. The van der Waals surface area contributed by atoms with Crippen molar-refractivity contribution in [3.8, 4) is 0 Å². The van der Waals surface area contributed by atoms with Gasteiger partial charge in [0.1, 0.15) is 12.1 Å². The van der Waals surface area contributed by atoms with Gasteiger partial charge < -0.3 is 31.5 Å². The van der Waals surface area contributed by atoms with E-state index in [9.17, 15) is 24.3 Å². The van der Waals surface area contributed by atoms with Crippen molar-refractivity contribution in [2.24, 2.45) is 11.7 Å². The van der Waals surface area contributed by atoms with Crippen LogP contribution in [0.3, 0.4) is 0 Å². The molecule has 1 heterocycles. The van der Waals surface area contributed by atoms with E-state index in [1.165, 1.54) is 11.8 Å². The minimum Gasteiger partial charge on any atom is -0.480 e. The first-order valence-corrected chi connectivity index (χ1v) is 9.83. The van der Waals surface area contributed by atoms with Crippen molar-refractivity contribution in [3.05, 3.63) is 0 Å². The van der Waals surface area contributed by atoms with Gasteiger partial charge in [0.05, 0.1) is 12.1 Å². The van der Waals surface area contributed by atoms with Gasteiger partial charge in [-0.2, -0.15) is 12.6 Å². The van der Waals surface area contributed by atoms with Crippen LogP contribution in [-0.4, -0.2) is 81.4 Å². The second-order valence-corrected chi connectivity index (χ2v) is 7.63. The van der Waals surface area contributed by atoms with Crippen LogP contribution in [0.4, 0.5) is 0 Å². The lowest BCUT2D eigenvalue weighted by molar-refractivity contribution is -0.145. The number of likely N-dealkylation sites (tertiary alicyclic amines) is 1. The lowest BCUT2D eigenvalue weighted by Crippen LogP contribution is -2.58. The molecule has 0 aromatic rings. The molecule has 1 rings (SSSR count). The Morgan fingerprint density at radius 1 is 1.21 bits per heavy atom. The van der Waals surface area contributed by atoms with Crippen LogP contribution in [0.2, 0.25) is 0 Å². The Hall–Kier alpha value is -1.85. The van der Waals surface area contributed by atoms with Crippen LogP contribution in [0.25, 0.3) is 0 Å². The van der Waals surface area contributed by atoms with E-state index in [1.807, 2.05) is 13.8 Å². The molecule has 0 spiro atoms. The van der Waals surface area contributed by atoms with Crippen molar-refractivity contribution in [3.63, 3.8) is 0 Å². The molecule has 1 aliphatic rings. The van der Waals surface area contributed by atoms with E-state index >= 15 is 0 Å². The number of nitrogens with two attached hydrogens (primary N) is 1. The summed E-state index contributed by atoms with van der Waals surface area (Å²) in [5, 5.41) is 23.2. The lowest BCUT2D eigenvalue weighted by Gasteiger charge is -2.29. The summed E-state index contributed by atoms with van der Waals surface area (Å²) in [7, 11) is 0. The number of carbonyl (C=O) groups excluding carboxylic acids is 3. The van der Waals surface area contributed by atoms with Crippen molar-refractivity contribution < 1.29 is 29.4 Å². The molecule has 6 N–H and O–H groups in total. The number of nitrogens with zero attached hydrogens (tertiary/aromatic N) is 1. The first kappa shape index (κ1) is 24.2. The third-order valence-corrected chi connectivity index (χ3v) is 5.07. The van der Waals surface area contributed by atoms with Crippen LogP contribution in [0.1, 0.15) is 33.6 Å². The molecule has 1 fully saturated rings. The van der Waals surface area contributed by atoms with E-state index in [0.717, 1.165) is 0 Å². The van der Waals surface area contributed by atoms with Gasteiger partial charge in [0, 0.05) is 12.3 Å². The Kier molecular flexibility index (Phi) is 9.18. The first-order chi connectivity index (χ1) is 13.0. The Bertz CT molecular complexity index is 600. The standard InChI is InChI=1S/C17H30N4O6S/c1-8(2)12(18)16(25)21-6-4-5-11(21)15(24)19-10(7-28)14(23)20-13(9(3)22)17(26)27/h8-13,22,28H,4-7,18H2,1-3H3,(H,19,24)(H,20,23)(H,26,27). The van der Waals surface area contributed by atoms with Crippen LogP contribution < -0.4 is 16.4 Å². The first-order valence-electron chi connectivity index (χ1n) is 9.19. The summed E-state index contributed by atoms with van der Waals surface area (Å²) in [5.41, 5.74) is 5.91. The molecule has 0 bridgehead atoms. The molecular weight excluding hydrogens is 388 g/mol. The number of amides is 3. The van der Waals surface area contributed by atoms with Crippen LogP contribution >= 0.6 is 12.6 Å². The van der Waals surface area contributed by atoms with Gasteiger partial charge in [-0.15, -0.1) is 0 Å². The molecule has 10 nitrogen and oxygen atoms in total. The van der Waals surface area contributed by atoms with Crippen LogP contribution in [0.15, 0.2) is 0 Å². The fourth-order valence-corrected chi connectivity index (χ4v) is 3.14. The molecule has 3 amide bonds. The number of aliphatic hydroxyl groups is 1. The largest absolute Gasteiger partial charge is 0.480 e. The van der Waals surface area contributed by atoms with E-state index in [0.29, 0.717) is 19.4 Å². The average Bonchev–Trinajstić information content (AvgIpc) is 3.11. The van der Waals surface area contributed by atoms with Gasteiger partial charge in [0.25, 0.3) is 0 Å². The molecular formula is C17H30N4O6S. The van der Waals surface area contributed by atoms with E-state index < -0.39 is 48.1 Å². The van der Waals surface area contributed by atoms with Crippen molar-refractivity contribution in [2.75, 3.05) is 12.3 Å². The minimum atomic E-state index is -1.51. The van der Waals surface area contributed by atoms with Crippen molar-refractivity contribution in [1.29, 1.82) is 0 Å². The van der Waals surface area contributed by atoms with Crippen molar-refractivity contribution in [1.82, 2.24) is 15.5 Å². The SMILES string of the molecule is CC(C)C(N)C(=O)N1CCCC1C(=O)NC(CS)C(=O)NC(C(=O)O)C(C)O. The number of aliphatic hydroxyl groups excluding tert-OH is 1. The van der Waals surface area contributed by atoms with Gasteiger partial charge in [-0.25, -0.2) is 4.79 Å². The van der Waals surface area contributed by atoms with Gasteiger partial charge in [0.2, 0.25) is 17.7 Å². The molecule has 11 heteroatoms. The Balaban J connectivity index is 2.80. The molecule has 5 unspecified atom stereocenters. The minimum absolute atomic E-state index is 0.0822. The molecule has 1 saturated heterocycles. The number of carboxylic acid groups (broad SMARTS) is 1. The van der Waals surface area contributed by atoms with Crippen LogP contribution in [-0.2, 0) is 19.2 Å². The van der Waals surface area contributed by atoms with Gasteiger partial charge in [-0.3, -0.25) is 14.4 Å². The highest BCUT2D eigenvalue weighted by atomic mass is 32.1. The van der Waals surface area contributed by atoms with E-state index in [-0.39, 0.29) is 17.6 Å². The van der Waals surface area contributed by atoms with E-state index in [2.05, 4.69) is 23.3 Å². The number of rotatable bonds is 9. The van der Waals surface area contributed by atoms with Gasteiger partial charge >= 0.3 is 5.97 Å². The zero-order chi connectivity index (χ0) is 21.6. The molecule has 160 valence electrons. The normalized spacial score (nSPS) is 21.0. The zero-order valence-corrected chi connectivity index (χ0v) is 17.2. The third-order valence-electron chi connectivity index (χ3n) is 4.70. The highest BCUT2D eigenvalue weighted by molar-refractivity contribution is 7.80. The van der Waals surface area contributed by atoms with Crippen LogP contribution in [0.5, 0.6) is 0 Å².